The summed E-state index contributed by atoms with van der Waals surface area (Å²) >= 11 is 10.00. The summed E-state index contributed by atoms with van der Waals surface area (Å²) in [4.78, 5) is 8.24. The van der Waals surface area contributed by atoms with Crippen molar-refractivity contribution < 1.29 is 0 Å². The molecular formula is C13H11Br3N2. The molecule has 0 atom stereocenters. The molecule has 2 aromatic heterocycles. The molecule has 0 aliphatic heterocycles. The summed E-state index contributed by atoms with van der Waals surface area (Å²) < 4.78 is 3.00. The average Bonchev–Trinajstić information content (AvgIpc) is 3.19. The van der Waals surface area contributed by atoms with Crippen LogP contribution in [0.1, 0.15) is 24.5 Å². The standard InChI is InChI=1S/C8H8BrN.C5H3Br2N/c9-7-2-1-5-10-8(7)6-3-4-6;6-4-2-1-3-8-5(4)7/h1-2,5-6H,3-4H2;1-3H. The number of hydrogen-bond donors (Lipinski definition) is 0. The van der Waals surface area contributed by atoms with Crippen LogP contribution in [-0.4, -0.2) is 9.97 Å². The van der Waals surface area contributed by atoms with Crippen molar-refractivity contribution in [1.29, 1.82) is 0 Å². The van der Waals surface area contributed by atoms with Gasteiger partial charge in [0, 0.05) is 22.8 Å². The summed E-state index contributed by atoms with van der Waals surface area (Å²) in [5, 5.41) is 0. The van der Waals surface area contributed by atoms with E-state index in [1.54, 1.807) is 6.20 Å². The van der Waals surface area contributed by atoms with E-state index in [9.17, 15) is 0 Å². The van der Waals surface area contributed by atoms with E-state index in [4.69, 9.17) is 0 Å². The molecule has 1 aliphatic carbocycles. The Kier molecular flexibility index (Phi) is 5.33. The molecule has 2 aromatic rings. The molecular weight excluding hydrogens is 424 g/mol. The number of rotatable bonds is 1. The van der Waals surface area contributed by atoms with Gasteiger partial charge in [0.25, 0.3) is 0 Å². The predicted molar refractivity (Wildman–Crippen MR) is 83.5 cm³/mol. The monoisotopic (exact) mass is 432 g/mol. The maximum absolute atomic E-state index is 4.29. The van der Waals surface area contributed by atoms with Crippen LogP contribution in [0.4, 0.5) is 0 Å². The van der Waals surface area contributed by atoms with E-state index in [0.29, 0.717) is 0 Å². The number of hydrogen-bond acceptors (Lipinski definition) is 2. The first-order valence-corrected chi connectivity index (χ1v) is 7.93. The van der Waals surface area contributed by atoms with E-state index in [2.05, 4.69) is 63.8 Å². The smallest absolute Gasteiger partial charge is 0.120 e. The van der Waals surface area contributed by atoms with Crippen LogP contribution in [0.5, 0.6) is 0 Å². The molecule has 1 fully saturated rings. The van der Waals surface area contributed by atoms with Gasteiger partial charge in [0.2, 0.25) is 0 Å². The molecule has 3 rings (SSSR count). The lowest BCUT2D eigenvalue weighted by Crippen LogP contribution is -1.85. The SMILES string of the molecule is Brc1cccnc1Br.Brc1cccnc1C1CC1. The molecule has 18 heavy (non-hydrogen) atoms. The first kappa shape index (κ1) is 14.2. The van der Waals surface area contributed by atoms with Crippen molar-refractivity contribution in [3.05, 3.63) is 55.9 Å². The van der Waals surface area contributed by atoms with Crippen LogP contribution in [0.15, 0.2) is 50.2 Å². The molecule has 94 valence electrons. The van der Waals surface area contributed by atoms with Gasteiger partial charge in [-0.25, -0.2) is 4.98 Å². The van der Waals surface area contributed by atoms with Crippen molar-refractivity contribution >= 4 is 47.8 Å². The summed E-state index contributed by atoms with van der Waals surface area (Å²) in [7, 11) is 0. The third-order valence-electron chi connectivity index (χ3n) is 2.46. The highest BCUT2D eigenvalue weighted by molar-refractivity contribution is 9.13. The molecule has 0 N–H and O–H groups in total. The van der Waals surface area contributed by atoms with Gasteiger partial charge < -0.3 is 0 Å². The summed E-state index contributed by atoms with van der Waals surface area (Å²) in [5.41, 5.74) is 1.24. The summed E-state index contributed by atoms with van der Waals surface area (Å²) in [5.74, 6) is 0.746. The number of pyridine rings is 2. The van der Waals surface area contributed by atoms with E-state index in [1.165, 1.54) is 18.5 Å². The second kappa shape index (κ2) is 6.78. The first-order valence-electron chi connectivity index (χ1n) is 5.55. The normalized spacial score (nSPS) is 13.7. The number of nitrogens with zero attached hydrogens (tertiary/aromatic N) is 2. The van der Waals surface area contributed by atoms with Crippen LogP contribution in [0, 0.1) is 0 Å². The highest BCUT2D eigenvalue weighted by atomic mass is 79.9. The fraction of sp³-hybridized carbons (Fsp3) is 0.231. The Morgan fingerprint density at radius 2 is 1.50 bits per heavy atom. The molecule has 0 amide bonds. The number of aromatic nitrogens is 2. The fourth-order valence-electron chi connectivity index (χ4n) is 1.42. The zero-order chi connectivity index (χ0) is 13.0. The molecule has 0 unspecified atom stereocenters. The molecule has 1 saturated carbocycles. The predicted octanol–water partition coefficient (Wildman–Crippen LogP) is 5.33. The molecule has 2 heterocycles. The Morgan fingerprint density at radius 1 is 0.889 bits per heavy atom. The van der Waals surface area contributed by atoms with Gasteiger partial charge in [-0.15, -0.1) is 0 Å². The lowest BCUT2D eigenvalue weighted by Gasteiger charge is -1.97. The van der Waals surface area contributed by atoms with Crippen LogP contribution in [0.25, 0.3) is 0 Å². The van der Waals surface area contributed by atoms with E-state index in [0.717, 1.165) is 19.5 Å². The van der Waals surface area contributed by atoms with E-state index >= 15 is 0 Å². The Morgan fingerprint density at radius 3 is 1.94 bits per heavy atom. The van der Waals surface area contributed by atoms with E-state index < -0.39 is 0 Å². The molecule has 0 radical (unpaired) electrons. The minimum absolute atomic E-state index is 0.746. The Hall–Kier alpha value is -0.260. The van der Waals surface area contributed by atoms with Gasteiger partial charge in [-0.05, 0) is 84.9 Å². The van der Waals surface area contributed by atoms with Gasteiger partial charge in [0.15, 0.2) is 0 Å². The van der Waals surface area contributed by atoms with Crippen LogP contribution in [0.2, 0.25) is 0 Å². The molecule has 0 aromatic carbocycles. The van der Waals surface area contributed by atoms with Crippen molar-refractivity contribution in [3.8, 4) is 0 Å². The second-order valence-electron chi connectivity index (χ2n) is 3.92. The van der Waals surface area contributed by atoms with Gasteiger partial charge in [-0.3, -0.25) is 4.98 Å². The highest BCUT2D eigenvalue weighted by Crippen LogP contribution is 2.41. The summed E-state index contributed by atoms with van der Waals surface area (Å²) in [6, 6.07) is 7.81. The molecule has 0 bridgehead atoms. The zero-order valence-electron chi connectivity index (χ0n) is 9.48. The van der Waals surface area contributed by atoms with Gasteiger partial charge >= 0.3 is 0 Å². The van der Waals surface area contributed by atoms with Gasteiger partial charge in [-0.1, -0.05) is 0 Å². The van der Waals surface area contributed by atoms with Crippen molar-refractivity contribution in [3.63, 3.8) is 0 Å². The first-order chi connectivity index (χ1) is 8.68. The van der Waals surface area contributed by atoms with Crippen molar-refractivity contribution in [1.82, 2.24) is 9.97 Å². The third kappa shape index (κ3) is 4.14. The van der Waals surface area contributed by atoms with Crippen LogP contribution in [0.3, 0.4) is 0 Å². The lowest BCUT2D eigenvalue weighted by atomic mass is 10.2. The van der Waals surface area contributed by atoms with Gasteiger partial charge in [0.1, 0.15) is 4.60 Å². The van der Waals surface area contributed by atoms with Crippen LogP contribution >= 0.6 is 47.8 Å². The third-order valence-corrected chi connectivity index (χ3v) is 4.94. The van der Waals surface area contributed by atoms with Crippen molar-refractivity contribution in [2.75, 3.05) is 0 Å². The lowest BCUT2D eigenvalue weighted by molar-refractivity contribution is 1.01. The zero-order valence-corrected chi connectivity index (χ0v) is 14.2. The summed E-state index contributed by atoms with van der Waals surface area (Å²) in [6.07, 6.45) is 6.22. The van der Waals surface area contributed by atoms with E-state index in [-0.39, 0.29) is 0 Å². The average molecular weight is 435 g/mol. The maximum Gasteiger partial charge on any atom is 0.120 e. The van der Waals surface area contributed by atoms with Gasteiger partial charge in [0.05, 0.1) is 10.2 Å². The Labute approximate surface area is 132 Å². The van der Waals surface area contributed by atoms with Crippen LogP contribution in [-0.2, 0) is 0 Å². The molecule has 0 spiro atoms. The van der Waals surface area contributed by atoms with Crippen molar-refractivity contribution in [2.45, 2.75) is 18.8 Å². The second-order valence-corrected chi connectivity index (χ2v) is 6.38. The van der Waals surface area contributed by atoms with Crippen LogP contribution < -0.4 is 0 Å². The molecule has 2 nitrogen and oxygen atoms in total. The van der Waals surface area contributed by atoms with Gasteiger partial charge in [-0.2, -0.15) is 0 Å². The molecule has 5 heteroatoms. The minimum Gasteiger partial charge on any atom is -0.260 e. The minimum atomic E-state index is 0.746. The maximum atomic E-state index is 4.29. The van der Waals surface area contributed by atoms with Crippen molar-refractivity contribution in [2.24, 2.45) is 0 Å². The Balaban J connectivity index is 0.000000138. The largest absolute Gasteiger partial charge is 0.260 e. The highest BCUT2D eigenvalue weighted by Gasteiger charge is 2.26. The molecule has 1 aliphatic rings. The number of halogens is 3. The fourth-order valence-corrected chi connectivity index (χ4v) is 2.51. The Bertz CT molecular complexity index is 506. The quantitative estimate of drug-likeness (QED) is 0.567. The van der Waals surface area contributed by atoms with E-state index in [1.807, 2.05) is 24.4 Å². The summed E-state index contributed by atoms with van der Waals surface area (Å²) in [6.45, 7) is 0. The molecule has 0 saturated heterocycles. The topological polar surface area (TPSA) is 25.8 Å².